The van der Waals surface area contributed by atoms with E-state index in [1.54, 1.807) is 0 Å². The number of hydrogen-bond donors (Lipinski definition) is 1. The average molecular weight is 111 g/mol. The number of hydrogen-bond acceptors (Lipinski definition) is 1. The van der Waals surface area contributed by atoms with Crippen molar-refractivity contribution in [1.29, 1.82) is 0 Å². The van der Waals surface area contributed by atoms with E-state index in [9.17, 15) is 0 Å². The van der Waals surface area contributed by atoms with Gasteiger partial charge in [-0.25, -0.2) is 0 Å². The van der Waals surface area contributed by atoms with Crippen LogP contribution in [0.3, 0.4) is 0 Å². The molecule has 1 saturated carbocycles. The maximum atomic E-state index is 5.75. The van der Waals surface area contributed by atoms with E-state index in [2.05, 4.69) is 19.1 Å². The molecular formula is C7H13N. The molecule has 46 valence electrons. The van der Waals surface area contributed by atoms with Gasteiger partial charge in [-0.3, -0.25) is 0 Å². The Morgan fingerprint density at radius 2 is 2.25 bits per heavy atom. The highest BCUT2D eigenvalue weighted by Crippen LogP contribution is 2.33. The van der Waals surface area contributed by atoms with E-state index >= 15 is 0 Å². The Balaban J connectivity index is 2.27. The first-order valence-corrected chi connectivity index (χ1v) is 3.23. The molecule has 0 radical (unpaired) electrons. The van der Waals surface area contributed by atoms with Gasteiger partial charge in [0.05, 0.1) is 0 Å². The molecule has 0 aliphatic heterocycles. The minimum Gasteiger partial charge on any atom is -0.322 e. The predicted octanol–water partition coefficient (Wildman–Crippen LogP) is 1.44. The van der Waals surface area contributed by atoms with E-state index in [0.29, 0.717) is 0 Å². The third kappa shape index (κ3) is 1.34. The first-order valence-electron chi connectivity index (χ1n) is 3.23. The van der Waals surface area contributed by atoms with Crippen molar-refractivity contribution in [2.45, 2.75) is 31.7 Å². The van der Waals surface area contributed by atoms with Crippen LogP contribution in [0.15, 0.2) is 12.2 Å². The molecule has 2 N–H and O–H groups in total. The van der Waals surface area contributed by atoms with Crippen molar-refractivity contribution >= 4 is 0 Å². The molecule has 0 aromatic rings. The molecule has 0 bridgehead atoms. The summed E-state index contributed by atoms with van der Waals surface area (Å²) in [5, 5.41) is 0. The summed E-state index contributed by atoms with van der Waals surface area (Å²) in [6, 6.07) is 0. The fraction of sp³-hybridized carbons (Fsp3) is 0.714. The van der Waals surface area contributed by atoms with Crippen molar-refractivity contribution in [3.63, 3.8) is 0 Å². The van der Waals surface area contributed by atoms with Crippen LogP contribution in [0.5, 0.6) is 0 Å². The fourth-order valence-electron chi connectivity index (χ4n) is 0.664. The molecule has 1 rings (SSSR count). The summed E-state index contributed by atoms with van der Waals surface area (Å²) in [6.07, 6.45) is 7.76. The van der Waals surface area contributed by atoms with E-state index in [0.717, 1.165) is 6.42 Å². The SMILES string of the molecule is CCC=CC1(N)CC1. The number of rotatable bonds is 2. The molecule has 1 fully saturated rings. The van der Waals surface area contributed by atoms with E-state index in [4.69, 9.17) is 5.73 Å². The van der Waals surface area contributed by atoms with Crippen molar-refractivity contribution in [2.24, 2.45) is 5.73 Å². The largest absolute Gasteiger partial charge is 0.322 e. The molecule has 8 heavy (non-hydrogen) atoms. The van der Waals surface area contributed by atoms with Crippen molar-refractivity contribution in [3.8, 4) is 0 Å². The van der Waals surface area contributed by atoms with Gasteiger partial charge in [0.25, 0.3) is 0 Å². The Bertz CT molecular complexity index is 101. The summed E-state index contributed by atoms with van der Waals surface area (Å²) >= 11 is 0. The lowest BCUT2D eigenvalue weighted by molar-refractivity contribution is 0.850. The highest BCUT2D eigenvalue weighted by Gasteiger charge is 2.34. The first kappa shape index (κ1) is 5.83. The molecule has 0 spiro atoms. The molecule has 0 heterocycles. The molecule has 1 nitrogen and oxygen atoms in total. The van der Waals surface area contributed by atoms with E-state index in [1.807, 2.05) is 0 Å². The van der Waals surface area contributed by atoms with E-state index in [1.165, 1.54) is 12.8 Å². The summed E-state index contributed by atoms with van der Waals surface area (Å²) in [7, 11) is 0. The van der Waals surface area contributed by atoms with Gasteiger partial charge < -0.3 is 5.73 Å². The summed E-state index contributed by atoms with van der Waals surface area (Å²) in [6.45, 7) is 2.13. The van der Waals surface area contributed by atoms with Crippen LogP contribution >= 0.6 is 0 Å². The van der Waals surface area contributed by atoms with E-state index < -0.39 is 0 Å². The van der Waals surface area contributed by atoms with Crippen molar-refractivity contribution in [2.75, 3.05) is 0 Å². The number of allylic oxidation sites excluding steroid dienone is 1. The highest BCUT2D eigenvalue weighted by molar-refractivity contribution is 5.14. The number of nitrogens with two attached hydrogens (primary N) is 1. The van der Waals surface area contributed by atoms with Gasteiger partial charge in [0, 0.05) is 5.54 Å². The van der Waals surface area contributed by atoms with Crippen molar-refractivity contribution < 1.29 is 0 Å². The standard InChI is InChI=1S/C7H13N/c1-2-3-4-7(8)5-6-7/h3-4H,2,5-6,8H2,1H3. The van der Waals surface area contributed by atoms with Crippen LogP contribution in [0, 0.1) is 0 Å². The normalized spacial score (nSPS) is 24.2. The summed E-state index contributed by atoms with van der Waals surface area (Å²) in [4.78, 5) is 0. The average Bonchev–Trinajstić information content (AvgIpc) is 2.45. The maximum Gasteiger partial charge on any atom is 0.0340 e. The van der Waals surface area contributed by atoms with Crippen LogP contribution in [0.4, 0.5) is 0 Å². The van der Waals surface area contributed by atoms with Crippen LogP contribution in [-0.2, 0) is 0 Å². The van der Waals surface area contributed by atoms with Crippen LogP contribution in [0.2, 0.25) is 0 Å². The van der Waals surface area contributed by atoms with Gasteiger partial charge in [0.1, 0.15) is 0 Å². The molecule has 0 aromatic heterocycles. The lowest BCUT2D eigenvalue weighted by atomic mass is 10.2. The zero-order chi connectivity index (χ0) is 6.04. The van der Waals surface area contributed by atoms with Gasteiger partial charge in [-0.1, -0.05) is 19.1 Å². The second-order valence-corrected chi connectivity index (χ2v) is 2.54. The van der Waals surface area contributed by atoms with Gasteiger partial charge in [-0.15, -0.1) is 0 Å². The molecule has 1 aliphatic carbocycles. The third-order valence-electron chi connectivity index (χ3n) is 1.51. The van der Waals surface area contributed by atoms with Gasteiger partial charge in [-0.05, 0) is 19.3 Å². The highest BCUT2D eigenvalue weighted by atomic mass is 14.8. The molecule has 0 amide bonds. The second kappa shape index (κ2) is 1.90. The topological polar surface area (TPSA) is 26.0 Å². The lowest BCUT2D eigenvalue weighted by Crippen LogP contribution is -2.17. The monoisotopic (exact) mass is 111 g/mol. The van der Waals surface area contributed by atoms with E-state index in [-0.39, 0.29) is 5.54 Å². The van der Waals surface area contributed by atoms with Gasteiger partial charge >= 0.3 is 0 Å². The summed E-state index contributed by atoms with van der Waals surface area (Å²) < 4.78 is 0. The Morgan fingerprint density at radius 3 is 2.62 bits per heavy atom. The Labute approximate surface area is 50.6 Å². The molecule has 0 saturated heterocycles. The quantitative estimate of drug-likeness (QED) is 0.536. The van der Waals surface area contributed by atoms with Gasteiger partial charge in [-0.2, -0.15) is 0 Å². The Morgan fingerprint density at radius 1 is 1.62 bits per heavy atom. The van der Waals surface area contributed by atoms with Crippen LogP contribution < -0.4 is 5.73 Å². The first-order chi connectivity index (χ1) is 3.77. The zero-order valence-electron chi connectivity index (χ0n) is 5.35. The molecule has 1 heteroatoms. The summed E-state index contributed by atoms with van der Waals surface area (Å²) in [5.74, 6) is 0. The molecular weight excluding hydrogens is 98.1 g/mol. The van der Waals surface area contributed by atoms with Gasteiger partial charge in [0.2, 0.25) is 0 Å². The third-order valence-corrected chi connectivity index (χ3v) is 1.51. The molecule has 0 atom stereocenters. The van der Waals surface area contributed by atoms with Crippen LogP contribution in [0.1, 0.15) is 26.2 Å². The smallest absolute Gasteiger partial charge is 0.0340 e. The fourth-order valence-corrected chi connectivity index (χ4v) is 0.664. The second-order valence-electron chi connectivity index (χ2n) is 2.54. The molecule has 1 aliphatic rings. The minimum absolute atomic E-state index is 0.121. The Hall–Kier alpha value is -0.300. The lowest BCUT2D eigenvalue weighted by Gasteiger charge is -1.95. The van der Waals surface area contributed by atoms with Crippen LogP contribution in [-0.4, -0.2) is 5.54 Å². The molecule has 0 aromatic carbocycles. The Kier molecular flexibility index (Phi) is 1.39. The van der Waals surface area contributed by atoms with Gasteiger partial charge in [0.15, 0.2) is 0 Å². The molecule has 0 unspecified atom stereocenters. The van der Waals surface area contributed by atoms with Crippen molar-refractivity contribution in [3.05, 3.63) is 12.2 Å². The minimum atomic E-state index is 0.121. The van der Waals surface area contributed by atoms with Crippen LogP contribution in [0.25, 0.3) is 0 Å². The zero-order valence-corrected chi connectivity index (χ0v) is 5.35. The van der Waals surface area contributed by atoms with Crippen molar-refractivity contribution in [1.82, 2.24) is 0 Å². The predicted molar refractivity (Wildman–Crippen MR) is 35.6 cm³/mol. The maximum absolute atomic E-state index is 5.75. The summed E-state index contributed by atoms with van der Waals surface area (Å²) in [5.41, 5.74) is 5.87.